The second-order valence-electron chi connectivity index (χ2n) is 12.7. The Morgan fingerprint density at radius 1 is 0.889 bits per heavy atom. The average Bonchev–Trinajstić information content (AvgIpc) is 2.98. The summed E-state index contributed by atoms with van der Waals surface area (Å²) in [5, 5.41) is 11.6. The van der Waals surface area contributed by atoms with Crippen molar-refractivity contribution in [2.45, 2.75) is 65.7 Å². The van der Waals surface area contributed by atoms with Crippen LogP contribution in [-0.2, 0) is 25.1 Å². The maximum absolute atomic E-state index is 14.0. The molecule has 1 N–H and O–H groups in total. The van der Waals surface area contributed by atoms with Crippen LogP contribution in [0.2, 0.25) is 5.04 Å². The highest BCUT2D eigenvalue weighted by atomic mass is 31.1. The van der Waals surface area contributed by atoms with E-state index >= 15 is 0 Å². The normalized spacial score (nSPS) is 13.0. The maximum atomic E-state index is 14.0. The molecule has 0 aliphatic carbocycles. The zero-order chi connectivity index (χ0) is 32.8. The molecule has 0 aliphatic rings. The molecule has 4 aromatic rings. The van der Waals surface area contributed by atoms with Gasteiger partial charge >= 0.3 is 13.8 Å². The molecule has 4 aromatic carbocycles. The summed E-state index contributed by atoms with van der Waals surface area (Å²) < 4.78 is 40.6. The standard InChI is InChI=1S/C37H42FO5PSi/c1-26-19-27(2)34(33(20-26)29-17-18-35(38)28(3)21-29)23-42-25-44(41)24-30(22-36(39)40)43-45(37(4,5)6,31-13-9-7-10-14-31)32-15-11-8-12-16-32/h7-21,30H,22-25H2,1-6H3/p+1/t30-/m0/s1. The van der Waals surface area contributed by atoms with Crippen LogP contribution in [-0.4, -0.2) is 38.0 Å². The first-order valence-corrected chi connectivity index (χ1v) is 18.7. The fraction of sp³-hybridized carbons (Fsp3) is 0.324. The highest BCUT2D eigenvalue weighted by molar-refractivity contribution is 7.44. The van der Waals surface area contributed by atoms with Crippen LogP contribution in [0, 0.1) is 26.6 Å². The molecule has 0 saturated carbocycles. The van der Waals surface area contributed by atoms with Crippen molar-refractivity contribution in [3.8, 4) is 11.1 Å². The fourth-order valence-electron chi connectivity index (χ4n) is 6.07. The van der Waals surface area contributed by atoms with Gasteiger partial charge in [0, 0.05) is 0 Å². The molecule has 0 bridgehead atoms. The number of hydrogen-bond donors (Lipinski definition) is 1. The summed E-state index contributed by atoms with van der Waals surface area (Å²) in [6, 6.07) is 29.2. The van der Waals surface area contributed by atoms with Crippen LogP contribution < -0.4 is 10.4 Å². The van der Waals surface area contributed by atoms with Crippen LogP contribution in [0.15, 0.2) is 91.0 Å². The molecule has 0 amide bonds. The Morgan fingerprint density at radius 3 is 2.02 bits per heavy atom. The second kappa shape index (κ2) is 14.7. The third kappa shape index (κ3) is 8.22. The molecular weight excluding hydrogens is 602 g/mol. The largest absolute Gasteiger partial charge is 0.481 e. The second-order valence-corrected chi connectivity index (χ2v) is 18.6. The molecule has 0 fully saturated rings. The van der Waals surface area contributed by atoms with Gasteiger partial charge in [-0.2, -0.15) is 0 Å². The lowest BCUT2D eigenvalue weighted by atomic mass is 9.93. The first-order valence-electron chi connectivity index (χ1n) is 15.2. The van der Waals surface area contributed by atoms with Gasteiger partial charge in [-0.15, -0.1) is 0 Å². The number of halogens is 1. The van der Waals surface area contributed by atoms with Crippen molar-refractivity contribution >= 4 is 32.5 Å². The molecule has 0 radical (unpaired) electrons. The lowest BCUT2D eigenvalue weighted by molar-refractivity contribution is -0.138. The minimum Gasteiger partial charge on any atom is -0.481 e. The topological polar surface area (TPSA) is 72.8 Å². The van der Waals surface area contributed by atoms with Crippen LogP contribution in [0.25, 0.3) is 11.1 Å². The van der Waals surface area contributed by atoms with E-state index in [1.54, 1.807) is 13.0 Å². The van der Waals surface area contributed by atoms with Gasteiger partial charge < -0.3 is 14.3 Å². The van der Waals surface area contributed by atoms with E-state index in [9.17, 15) is 18.9 Å². The van der Waals surface area contributed by atoms with Gasteiger partial charge in [-0.1, -0.05) is 110 Å². The number of benzene rings is 4. The van der Waals surface area contributed by atoms with Gasteiger partial charge in [0.25, 0.3) is 8.32 Å². The van der Waals surface area contributed by atoms with Crippen molar-refractivity contribution < 1.29 is 28.0 Å². The summed E-state index contributed by atoms with van der Waals surface area (Å²) in [4.78, 5) is 12.1. The Bertz CT molecular complexity index is 1600. The van der Waals surface area contributed by atoms with Gasteiger partial charge in [0.05, 0.1) is 13.0 Å². The zero-order valence-electron chi connectivity index (χ0n) is 27.0. The summed E-state index contributed by atoms with van der Waals surface area (Å²) in [6.45, 7) is 12.4. The molecule has 2 atom stereocenters. The van der Waals surface area contributed by atoms with E-state index in [4.69, 9.17) is 9.16 Å². The molecule has 0 heterocycles. The Balaban J connectivity index is 1.58. The number of carbonyl (C=O) groups is 1. The van der Waals surface area contributed by atoms with E-state index in [0.29, 0.717) is 5.56 Å². The number of aliphatic carboxylic acids is 1. The third-order valence-electron chi connectivity index (χ3n) is 8.14. The highest BCUT2D eigenvalue weighted by Gasteiger charge is 2.52. The predicted octanol–water partition coefficient (Wildman–Crippen LogP) is 8.14. The Labute approximate surface area is 268 Å². The van der Waals surface area contributed by atoms with Crippen LogP contribution in [0.5, 0.6) is 0 Å². The number of carboxylic acid groups (broad SMARTS) is 1. The monoisotopic (exact) mass is 645 g/mol. The van der Waals surface area contributed by atoms with Crippen molar-refractivity contribution in [2.75, 3.05) is 12.5 Å². The van der Waals surface area contributed by atoms with E-state index < -0.39 is 28.2 Å². The van der Waals surface area contributed by atoms with E-state index in [-0.39, 0.29) is 36.4 Å². The minimum atomic E-state index is -3.06. The lowest BCUT2D eigenvalue weighted by Gasteiger charge is -2.44. The maximum Gasteiger partial charge on any atom is 0.369 e. The summed E-state index contributed by atoms with van der Waals surface area (Å²) in [7, 11) is -5.01. The van der Waals surface area contributed by atoms with E-state index in [1.807, 2.05) is 56.3 Å². The molecule has 1 unspecified atom stereocenters. The summed E-state index contributed by atoms with van der Waals surface area (Å²) in [5.41, 5.74) is 5.46. The fourth-order valence-corrected chi connectivity index (χ4v) is 11.9. The molecule has 0 aliphatic heterocycles. The van der Waals surface area contributed by atoms with E-state index in [2.05, 4.69) is 57.2 Å². The van der Waals surface area contributed by atoms with Crippen LogP contribution in [0.1, 0.15) is 49.4 Å². The van der Waals surface area contributed by atoms with Crippen LogP contribution in [0.4, 0.5) is 4.39 Å². The number of ether oxygens (including phenoxy) is 1. The summed E-state index contributed by atoms with van der Waals surface area (Å²) in [5.74, 6) is -1.26. The number of rotatable bonds is 13. The molecule has 0 saturated heterocycles. The molecule has 0 spiro atoms. The molecule has 4 rings (SSSR count). The minimum absolute atomic E-state index is 0.0369. The van der Waals surface area contributed by atoms with Crippen molar-refractivity contribution in [1.29, 1.82) is 0 Å². The quantitative estimate of drug-likeness (QED) is 0.117. The SMILES string of the molecule is Cc1cc(C)c(COC[P+](=O)C[C@H](CC(=O)O)O[Si](c2ccccc2)(c2ccccc2)C(C)(C)C)c(-c2ccc(F)c(C)c2)c1. The number of carboxylic acids is 1. The van der Waals surface area contributed by atoms with Gasteiger partial charge in [-0.05, 0) is 76.1 Å². The molecule has 0 aromatic heterocycles. The average molecular weight is 646 g/mol. The van der Waals surface area contributed by atoms with Crippen LogP contribution >= 0.6 is 7.80 Å². The first kappa shape index (κ1) is 34.4. The van der Waals surface area contributed by atoms with Gasteiger partial charge in [-0.3, -0.25) is 4.79 Å². The molecule has 5 nitrogen and oxygen atoms in total. The Morgan fingerprint density at radius 2 is 1.49 bits per heavy atom. The smallest absolute Gasteiger partial charge is 0.369 e. The summed E-state index contributed by atoms with van der Waals surface area (Å²) >= 11 is 0. The van der Waals surface area contributed by atoms with Crippen molar-refractivity contribution in [3.05, 3.63) is 119 Å². The lowest BCUT2D eigenvalue weighted by Crippen LogP contribution is -2.68. The van der Waals surface area contributed by atoms with Gasteiger partial charge in [0.2, 0.25) is 6.35 Å². The van der Waals surface area contributed by atoms with Crippen molar-refractivity contribution in [1.82, 2.24) is 0 Å². The van der Waals surface area contributed by atoms with Gasteiger partial charge in [-0.25, -0.2) is 4.39 Å². The first-order chi connectivity index (χ1) is 21.3. The van der Waals surface area contributed by atoms with Gasteiger partial charge in [0.1, 0.15) is 11.9 Å². The number of hydrogen-bond acceptors (Lipinski definition) is 4. The summed E-state index contributed by atoms with van der Waals surface area (Å²) in [6.07, 6.45) is -1.02. The van der Waals surface area contributed by atoms with E-state index in [1.165, 1.54) is 6.07 Å². The molecular formula is C37H43FO5PSi+. The number of aryl methyl sites for hydroxylation is 3. The Kier molecular flexibility index (Phi) is 11.3. The molecule has 236 valence electrons. The molecule has 8 heteroatoms. The Hall–Kier alpha value is -3.48. The zero-order valence-corrected chi connectivity index (χ0v) is 28.9. The van der Waals surface area contributed by atoms with Gasteiger partial charge in [0.15, 0.2) is 6.16 Å². The highest BCUT2D eigenvalue weighted by Crippen LogP contribution is 2.39. The van der Waals surface area contributed by atoms with Crippen LogP contribution in [0.3, 0.4) is 0 Å². The van der Waals surface area contributed by atoms with Crippen molar-refractivity contribution in [2.24, 2.45) is 0 Å². The van der Waals surface area contributed by atoms with E-state index in [0.717, 1.165) is 38.2 Å². The predicted molar refractivity (Wildman–Crippen MR) is 183 cm³/mol. The molecule has 45 heavy (non-hydrogen) atoms. The van der Waals surface area contributed by atoms with Crippen molar-refractivity contribution in [3.63, 3.8) is 0 Å². The third-order valence-corrected chi connectivity index (χ3v) is 14.5.